The summed E-state index contributed by atoms with van der Waals surface area (Å²) < 4.78 is 11.6. The summed E-state index contributed by atoms with van der Waals surface area (Å²) in [7, 11) is 0. The molecule has 0 aromatic heterocycles. The number of carbonyl (C=O) groups excluding carboxylic acids is 1. The van der Waals surface area contributed by atoms with Gasteiger partial charge in [-0.1, -0.05) is 20.8 Å². The molecule has 0 amide bonds. The van der Waals surface area contributed by atoms with Crippen LogP contribution in [0.15, 0.2) is 12.3 Å². The number of ether oxygens (including phenoxy) is 2. The van der Waals surface area contributed by atoms with Crippen LogP contribution in [0.2, 0.25) is 0 Å². The molecule has 0 bridgehead atoms. The molecule has 1 fully saturated rings. The van der Waals surface area contributed by atoms with E-state index in [0.717, 1.165) is 12.8 Å². The van der Waals surface area contributed by atoms with Gasteiger partial charge in [0.15, 0.2) is 5.78 Å². The molecule has 3 nitrogen and oxygen atoms in total. The molecule has 1 saturated heterocycles. The fourth-order valence-electron chi connectivity index (χ4n) is 2.64. The Kier molecular flexibility index (Phi) is 3.06. The molecule has 2 aliphatic heterocycles. The first-order valence-electron chi connectivity index (χ1n) is 6.07. The zero-order valence-corrected chi connectivity index (χ0v) is 10.2. The van der Waals surface area contributed by atoms with E-state index in [9.17, 15) is 4.79 Å². The lowest BCUT2D eigenvalue weighted by Gasteiger charge is -2.45. The van der Waals surface area contributed by atoms with Crippen molar-refractivity contribution in [2.75, 3.05) is 0 Å². The van der Waals surface area contributed by atoms with Crippen molar-refractivity contribution in [2.24, 2.45) is 11.8 Å². The van der Waals surface area contributed by atoms with Crippen LogP contribution in [0.4, 0.5) is 0 Å². The van der Waals surface area contributed by atoms with Crippen molar-refractivity contribution in [3.8, 4) is 0 Å². The predicted molar refractivity (Wildman–Crippen MR) is 60.7 cm³/mol. The molecule has 16 heavy (non-hydrogen) atoms. The standard InChI is InChI=1S/C13H20O3/c1-9(2)12-10(3)4-6-13(16-12)8-11(14)5-7-15-13/h5,7,9-10,12H,4,6,8H2,1-3H3/t10-,12+,13+/m0/s1. The number of hydrogen-bond donors (Lipinski definition) is 0. The SMILES string of the molecule is CC(C)[C@H]1O[C@]2(CC[C@@H]1C)CC(=O)C=CO2. The summed E-state index contributed by atoms with van der Waals surface area (Å²) in [5, 5.41) is 0. The van der Waals surface area contributed by atoms with Crippen LogP contribution in [0.25, 0.3) is 0 Å². The quantitative estimate of drug-likeness (QED) is 0.687. The number of allylic oxidation sites excluding steroid dienone is 1. The third-order valence-corrected chi connectivity index (χ3v) is 3.53. The van der Waals surface area contributed by atoms with Gasteiger partial charge in [-0.15, -0.1) is 0 Å². The summed E-state index contributed by atoms with van der Waals surface area (Å²) in [5.74, 6) is 0.420. The van der Waals surface area contributed by atoms with E-state index in [-0.39, 0.29) is 11.9 Å². The molecule has 1 spiro atoms. The van der Waals surface area contributed by atoms with Crippen LogP contribution in [-0.4, -0.2) is 17.7 Å². The molecular formula is C13H20O3. The van der Waals surface area contributed by atoms with Crippen molar-refractivity contribution in [1.82, 2.24) is 0 Å². The van der Waals surface area contributed by atoms with Gasteiger partial charge in [0.2, 0.25) is 5.79 Å². The van der Waals surface area contributed by atoms with Crippen LogP contribution >= 0.6 is 0 Å². The van der Waals surface area contributed by atoms with Gasteiger partial charge in [0, 0.05) is 12.5 Å². The summed E-state index contributed by atoms with van der Waals surface area (Å²) in [4.78, 5) is 11.4. The Hall–Kier alpha value is -0.830. The minimum absolute atomic E-state index is 0.100. The first-order valence-corrected chi connectivity index (χ1v) is 6.07. The van der Waals surface area contributed by atoms with Crippen molar-refractivity contribution in [3.05, 3.63) is 12.3 Å². The van der Waals surface area contributed by atoms with E-state index in [4.69, 9.17) is 9.47 Å². The molecule has 0 N–H and O–H groups in total. The summed E-state index contributed by atoms with van der Waals surface area (Å²) >= 11 is 0. The minimum Gasteiger partial charge on any atom is -0.469 e. The second kappa shape index (κ2) is 4.21. The van der Waals surface area contributed by atoms with Gasteiger partial charge in [0.05, 0.1) is 18.8 Å². The van der Waals surface area contributed by atoms with E-state index in [1.165, 1.54) is 12.3 Å². The fraction of sp³-hybridized carbons (Fsp3) is 0.769. The first kappa shape index (κ1) is 11.6. The highest BCUT2D eigenvalue weighted by Crippen LogP contribution is 2.39. The largest absolute Gasteiger partial charge is 0.469 e. The Morgan fingerprint density at radius 2 is 2.25 bits per heavy atom. The van der Waals surface area contributed by atoms with Crippen molar-refractivity contribution in [2.45, 2.75) is 51.9 Å². The van der Waals surface area contributed by atoms with Gasteiger partial charge in [-0.05, 0) is 18.3 Å². The van der Waals surface area contributed by atoms with Crippen molar-refractivity contribution >= 4 is 5.78 Å². The lowest BCUT2D eigenvalue weighted by atomic mass is 9.84. The van der Waals surface area contributed by atoms with Gasteiger partial charge in [-0.3, -0.25) is 4.79 Å². The van der Waals surface area contributed by atoms with Gasteiger partial charge in [0.25, 0.3) is 0 Å². The van der Waals surface area contributed by atoms with Gasteiger partial charge >= 0.3 is 0 Å². The van der Waals surface area contributed by atoms with Crippen molar-refractivity contribution in [1.29, 1.82) is 0 Å². The molecule has 2 rings (SSSR count). The molecule has 0 aromatic rings. The maximum Gasteiger partial charge on any atom is 0.217 e. The van der Waals surface area contributed by atoms with Crippen molar-refractivity contribution < 1.29 is 14.3 Å². The number of rotatable bonds is 1. The van der Waals surface area contributed by atoms with Crippen molar-refractivity contribution in [3.63, 3.8) is 0 Å². The van der Waals surface area contributed by atoms with E-state index in [0.29, 0.717) is 18.3 Å². The second-order valence-corrected chi connectivity index (χ2v) is 5.32. The fourth-order valence-corrected chi connectivity index (χ4v) is 2.64. The Labute approximate surface area is 96.8 Å². The predicted octanol–water partition coefficient (Wildman–Crippen LogP) is 2.66. The van der Waals surface area contributed by atoms with E-state index >= 15 is 0 Å². The molecule has 2 heterocycles. The van der Waals surface area contributed by atoms with Crippen LogP contribution in [0, 0.1) is 11.8 Å². The van der Waals surface area contributed by atoms with Gasteiger partial charge in [0.1, 0.15) is 0 Å². The Balaban J connectivity index is 2.13. The molecule has 0 radical (unpaired) electrons. The summed E-state index contributed by atoms with van der Waals surface area (Å²) in [6, 6.07) is 0. The van der Waals surface area contributed by atoms with Gasteiger partial charge in [-0.2, -0.15) is 0 Å². The normalized spacial score (nSPS) is 39.1. The molecule has 3 atom stereocenters. The highest BCUT2D eigenvalue weighted by atomic mass is 16.7. The molecule has 3 heteroatoms. The maximum absolute atomic E-state index is 11.4. The Morgan fingerprint density at radius 1 is 1.50 bits per heavy atom. The lowest BCUT2D eigenvalue weighted by molar-refractivity contribution is -0.278. The molecule has 0 unspecified atom stereocenters. The monoisotopic (exact) mass is 224 g/mol. The number of ketones is 1. The molecule has 0 aliphatic carbocycles. The Morgan fingerprint density at radius 3 is 2.88 bits per heavy atom. The zero-order valence-electron chi connectivity index (χ0n) is 10.2. The summed E-state index contributed by atoms with van der Waals surface area (Å²) in [6.45, 7) is 6.51. The highest BCUT2D eigenvalue weighted by Gasteiger charge is 2.44. The molecule has 0 aromatic carbocycles. The minimum atomic E-state index is -0.673. The van der Waals surface area contributed by atoms with Crippen LogP contribution in [0.3, 0.4) is 0 Å². The summed E-state index contributed by atoms with van der Waals surface area (Å²) in [5.41, 5.74) is 0. The summed E-state index contributed by atoms with van der Waals surface area (Å²) in [6.07, 6.45) is 5.39. The average Bonchev–Trinajstić information content (AvgIpc) is 2.22. The van der Waals surface area contributed by atoms with Gasteiger partial charge in [-0.25, -0.2) is 0 Å². The molecule has 0 saturated carbocycles. The molecule has 2 aliphatic rings. The van der Waals surface area contributed by atoms with Crippen LogP contribution in [0.5, 0.6) is 0 Å². The average molecular weight is 224 g/mol. The van der Waals surface area contributed by atoms with Crippen LogP contribution in [-0.2, 0) is 14.3 Å². The van der Waals surface area contributed by atoms with Crippen LogP contribution in [0.1, 0.15) is 40.0 Å². The van der Waals surface area contributed by atoms with E-state index in [1.807, 2.05) is 0 Å². The third-order valence-electron chi connectivity index (χ3n) is 3.53. The van der Waals surface area contributed by atoms with E-state index in [1.54, 1.807) is 0 Å². The maximum atomic E-state index is 11.4. The smallest absolute Gasteiger partial charge is 0.217 e. The third kappa shape index (κ3) is 2.14. The highest BCUT2D eigenvalue weighted by molar-refractivity contribution is 5.90. The lowest BCUT2D eigenvalue weighted by Crippen LogP contribution is -2.49. The van der Waals surface area contributed by atoms with Gasteiger partial charge < -0.3 is 9.47 Å². The number of carbonyl (C=O) groups is 1. The Bertz CT molecular complexity index is 308. The van der Waals surface area contributed by atoms with E-state index in [2.05, 4.69) is 20.8 Å². The zero-order chi connectivity index (χ0) is 11.8. The first-order chi connectivity index (χ1) is 7.52. The number of hydrogen-bond acceptors (Lipinski definition) is 3. The van der Waals surface area contributed by atoms with Crippen LogP contribution < -0.4 is 0 Å². The molecular weight excluding hydrogens is 204 g/mol. The second-order valence-electron chi connectivity index (χ2n) is 5.32. The van der Waals surface area contributed by atoms with E-state index < -0.39 is 5.79 Å². The topological polar surface area (TPSA) is 35.5 Å². The molecule has 90 valence electrons.